The van der Waals surface area contributed by atoms with Crippen LogP contribution in [-0.4, -0.2) is 31.6 Å². The Morgan fingerprint density at radius 2 is 1.68 bits per heavy atom. The van der Waals surface area contributed by atoms with E-state index in [0.29, 0.717) is 11.3 Å². The van der Waals surface area contributed by atoms with Gasteiger partial charge in [0.15, 0.2) is 6.61 Å². The fourth-order valence-electron chi connectivity index (χ4n) is 1.92. The van der Waals surface area contributed by atoms with Crippen LogP contribution < -0.4 is 5.32 Å². The first-order chi connectivity index (χ1) is 12.1. The third-order valence-electron chi connectivity index (χ3n) is 3.15. The van der Waals surface area contributed by atoms with Crippen LogP contribution in [0.15, 0.2) is 60.7 Å². The summed E-state index contributed by atoms with van der Waals surface area (Å²) in [5.74, 6) is -1.55. The number of amides is 1. The van der Waals surface area contributed by atoms with Crippen LogP contribution in [0.4, 0.5) is 5.69 Å². The van der Waals surface area contributed by atoms with Gasteiger partial charge in [-0.25, -0.2) is 9.59 Å². The fourth-order valence-corrected chi connectivity index (χ4v) is 1.92. The first kappa shape index (κ1) is 17.9. The lowest BCUT2D eigenvalue weighted by molar-refractivity contribution is -0.142. The van der Waals surface area contributed by atoms with Crippen molar-refractivity contribution in [2.75, 3.05) is 19.0 Å². The number of rotatable bonds is 6. The SMILES string of the molecule is COC(=O)c1ccc(NC(=O)COC(=O)/C=C/c2ccccc2)cc1. The molecule has 6 nitrogen and oxygen atoms in total. The number of benzene rings is 2. The Labute approximate surface area is 145 Å². The van der Waals surface area contributed by atoms with Gasteiger partial charge in [-0.3, -0.25) is 4.79 Å². The van der Waals surface area contributed by atoms with E-state index in [-0.39, 0.29) is 0 Å². The molecule has 2 aromatic carbocycles. The highest BCUT2D eigenvalue weighted by atomic mass is 16.5. The summed E-state index contributed by atoms with van der Waals surface area (Å²) in [6.07, 6.45) is 2.86. The van der Waals surface area contributed by atoms with Crippen LogP contribution >= 0.6 is 0 Å². The molecule has 0 radical (unpaired) electrons. The molecule has 128 valence electrons. The van der Waals surface area contributed by atoms with Gasteiger partial charge in [0.25, 0.3) is 5.91 Å². The van der Waals surface area contributed by atoms with Crippen LogP contribution in [0.3, 0.4) is 0 Å². The summed E-state index contributed by atoms with van der Waals surface area (Å²) >= 11 is 0. The fraction of sp³-hybridized carbons (Fsp3) is 0.105. The van der Waals surface area contributed by atoms with Gasteiger partial charge in [0.1, 0.15) is 0 Å². The first-order valence-corrected chi connectivity index (χ1v) is 7.46. The van der Waals surface area contributed by atoms with Crippen LogP contribution in [0.1, 0.15) is 15.9 Å². The van der Waals surface area contributed by atoms with Crippen molar-refractivity contribution < 1.29 is 23.9 Å². The van der Waals surface area contributed by atoms with Crippen molar-refractivity contribution in [1.29, 1.82) is 0 Å². The number of methoxy groups -OCH3 is 1. The van der Waals surface area contributed by atoms with Gasteiger partial charge >= 0.3 is 11.9 Å². The summed E-state index contributed by atoms with van der Waals surface area (Å²) in [6.45, 7) is -0.406. The van der Waals surface area contributed by atoms with Gasteiger partial charge in [-0.1, -0.05) is 30.3 Å². The molecule has 0 aromatic heterocycles. The maximum atomic E-state index is 11.8. The number of ether oxygens (including phenoxy) is 2. The van der Waals surface area contributed by atoms with Gasteiger partial charge in [-0.15, -0.1) is 0 Å². The molecule has 0 saturated heterocycles. The molecular formula is C19H17NO5. The van der Waals surface area contributed by atoms with Crippen LogP contribution in [0.2, 0.25) is 0 Å². The molecule has 0 bridgehead atoms. The van der Waals surface area contributed by atoms with Crippen LogP contribution in [-0.2, 0) is 19.1 Å². The Balaban J connectivity index is 1.79. The molecule has 2 rings (SSSR count). The zero-order valence-corrected chi connectivity index (χ0v) is 13.6. The van der Waals surface area contributed by atoms with E-state index in [1.54, 1.807) is 18.2 Å². The van der Waals surface area contributed by atoms with Gasteiger partial charge < -0.3 is 14.8 Å². The minimum Gasteiger partial charge on any atom is -0.465 e. The third-order valence-corrected chi connectivity index (χ3v) is 3.15. The molecule has 25 heavy (non-hydrogen) atoms. The summed E-state index contributed by atoms with van der Waals surface area (Å²) in [4.78, 5) is 34.7. The molecule has 0 aliphatic carbocycles. The lowest BCUT2D eigenvalue weighted by Gasteiger charge is -2.06. The summed E-state index contributed by atoms with van der Waals surface area (Å²) in [5.41, 5.74) is 1.71. The lowest BCUT2D eigenvalue weighted by Crippen LogP contribution is -2.20. The summed E-state index contributed by atoms with van der Waals surface area (Å²) in [5, 5.41) is 2.56. The van der Waals surface area contributed by atoms with Crippen molar-refractivity contribution in [3.63, 3.8) is 0 Å². The molecule has 1 N–H and O–H groups in total. The average Bonchev–Trinajstić information content (AvgIpc) is 2.65. The zero-order chi connectivity index (χ0) is 18.1. The highest BCUT2D eigenvalue weighted by molar-refractivity contribution is 5.95. The van der Waals surface area contributed by atoms with Gasteiger partial charge in [0.05, 0.1) is 12.7 Å². The molecule has 1 amide bonds. The van der Waals surface area contributed by atoms with Crippen molar-refractivity contribution in [3.05, 3.63) is 71.8 Å². The standard InChI is InChI=1S/C19H17NO5/c1-24-19(23)15-8-10-16(11-9-15)20-17(21)13-25-18(22)12-7-14-5-3-2-4-6-14/h2-12H,13H2,1H3,(H,20,21)/b12-7+. The van der Waals surface area contributed by atoms with E-state index < -0.39 is 24.5 Å². The van der Waals surface area contributed by atoms with E-state index in [2.05, 4.69) is 10.1 Å². The van der Waals surface area contributed by atoms with Gasteiger partial charge in [0, 0.05) is 11.8 Å². The molecule has 0 spiro atoms. The summed E-state index contributed by atoms with van der Waals surface area (Å²) < 4.78 is 9.45. The van der Waals surface area contributed by atoms with E-state index in [4.69, 9.17) is 4.74 Å². The van der Waals surface area contributed by atoms with Crippen molar-refractivity contribution in [3.8, 4) is 0 Å². The highest BCUT2D eigenvalue weighted by Gasteiger charge is 2.08. The Bertz CT molecular complexity index is 766. The number of anilines is 1. The maximum absolute atomic E-state index is 11.8. The average molecular weight is 339 g/mol. The second kappa shape index (κ2) is 9.02. The number of carbonyl (C=O) groups is 3. The molecule has 0 saturated carbocycles. The number of esters is 2. The smallest absolute Gasteiger partial charge is 0.337 e. The molecule has 0 unspecified atom stereocenters. The van der Waals surface area contributed by atoms with Crippen molar-refractivity contribution >= 4 is 29.6 Å². The largest absolute Gasteiger partial charge is 0.465 e. The molecule has 0 heterocycles. The van der Waals surface area contributed by atoms with E-state index in [1.165, 1.54) is 25.3 Å². The Morgan fingerprint density at radius 1 is 1.00 bits per heavy atom. The monoisotopic (exact) mass is 339 g/mol. The molecule has 0 aliphatic heterocycles. The van der Waals surface area contributed by atoms with E-state index in [1.807, 2.05) is 30.3 Å². The minimum atomic E-state index is -0.611. The van der Waals surface area contributed by atoms with Gasteiger partial charge in [0.2, 0.25) is 0 Å². The quantitative estimate of drug-likeness (QED) is 0.646. The highest BCUT2D eigenvalue weighted by Crippen LogP contribution is 2.10. The zero-order valence-electron chi connectivity index (χ0n) is 13.6. The number of hydrogen-bond acceptors (Lipinski definition) is 5. The summed E-state index contributed by atoms with van der Waals surface area (Å²) in [7, 11) is 1.29. The molecule has 0 aliphatic rings. The first-order valence-electron chi connectivity index (χ1n) is 7.46. The molecule has 0 fully saturated rings. The number of carbonyl (C=O) groups excluding carboxylic acids is 3. The minimum absolute atomic E-state index is 0.373. The van der Waals surface area contributed by atoms with Gasteiger partial charge in [-0.05, 0) is 35.9 Å². The van der Waals surface area contributed by atoms with Crippen molar-refractivity contribution in [2.45, 2.75) is 0 Å². The van der Waals surface area contributed by atoms with E-state index >= 15 is 0 Å². The molecule has 6 heteroatoms. The molecular weight excluding hydrogens is 322 g/mol. The second-order valence-electron chi connectivity index (χ2n) is 4.97. The van der Waals surface area contributed by atoms with E-state index in [0.717, 1.165) is 5.56 Å². The Kier molecular flexibility index (Phi) is 6.47. The Morgan fingerprint density at radius 3 is 2.32 bits per heavy atom. The van der Waals surface area contributed by atoms with Gasteiger partial charge in [-0.2, -0.15) is 0 Å². The predicted molar refractivity (Wildman–Crippen MR) is 92.8 cm³/mol. The van der Waals surface area contributed by atoms with Crippen LogP contribution in [0.25, 0.3) is 6.08 Å². The predicted octanol–water partition coefficient (Wildman–Crippen LogP) is 2.67. The Hall–Kier alpha value is -3.41. The van der Waals surface area contributed by atoms with Crippen LogP contribution in [0, 0.1) is 0 Å². The number of hydrogen-bond donors (Lipinski definition) is 1. The molecule has 2 aromatic rings. The van der Waals surface area contributed by atoms with Crippen molar-refractivity contribution in [2.24, 2.45) is 0 Å². The number of nitrogens with one attached hydrogen (secondary N) is 1. The second-order valence-corrected chi connectivity index (χ2v) is 4.97. The normalized spacial score (nSPS) is 10.3. The third kappa shape index (κ3) is 5.95. The summed E-state index contributed by atoms with van der Waals surface area (Å²) in [6, 6.07) is 15.4. The lowest BCUT2D eigenvalue weighted by atomic mass is 10.2. The van der Waals surface area contributed by atoms with Crippen molar-refractivity contribution in [1.82, 2.24) is 0 Å². The molecule has 0 atom stereocenters. The maximum Gasteiger partial charge on any atom is 0.337 e. The topological polar surface area (TPSA) is 81.7 Å². The van der Waals surface area contributed by atoms with E-state index in [9.17, 15) is 14.4 Å². The van der Waals surface area contributed by atoms with Crippen LogP contribution in [0.5, 0.6) is 0 Å².